The number of pyridine rings is 1. The molecule has 1 heterocycles. The number of rotatable bonds is 4. The van der Waals surface area contributed by atoms with Gasteiger partial charge >= 0.3 is 0 Å². The van der Waals surface area contributed by atoms with E-state index in [1.165, 1.54) is 12.1 Å². The Morgan fingerprint density at radius 1 is 1.15 bits per heavy atom. The molecule has 2 aromatic rings. The average molecular weight is 276 g/mol. The van der Waals surface area contributed by atoms with E-state index in [4.69, 9.17) is 0 Å². The maximum atomic E-state index is 13.8. The van der Waals surface area contributed by atoms with E-state index in [9.17, 15) is 8.78 Å². The molecule has 1 atom stereocenters. The summed E-state index contributed by atoms with van der Waals surface area (Å²) in [6.45, 7) is 5.85. The summed E-state index contributed by atoms with van der Waals surface area (Å²) >= 11 is 0. The van der Waals surface area contributed by atoms with Gasteiger partial charge in [0, 0.05) is 30.0 Å². The van der Waals surface area contributed by atoms with Crippen LogP contribution in [-0.2, 0) is 6.54 Å². The van der Waals surface area contributed by atoms with Crippen LogP contribution in [0.3, 0.4) is 0 Å². The van der Waals surface area contributed by atoms with Crippen molar-refractivity contribution < 1.29 is 8.78 Å². The van der Waals surface area contributed by atoms with Crippen molar-refractivity contribution in [1.82, 2.24) is 10.3 Å². The molecule has 0 saturated carbocycles. The number of hydrogen-bond donors (Lipinski definition) is 1. The highest BCUT2D eigenvalue weighted by Gasteiger charge is 2.13. The zero-order valence-electron chi connectivity index (χ0n) is 11.9. The van der Waals surface area contributed by atoms with E-state index in [0.29, 0.717) is 17.7 Å². The van der Waals surface area contributed by atoms with E-state index in [1.54, 1.807) is 13.1 Å². The molecule has 0 amide bonds. The minimum atomic E-state index is -0.383. The Morgan fingerprint density at radius 3 is 2.55 bits per heavy atom. The van der Waals surface area contributed by atoms with Crippen molar-refractivity contribution in [3.05, 3.63) is 64.5 Å². The van der Waals surface area contributed by atoms with Crippen LogP contribution in [0, 0.1) is 25.5 Å². The first kappa shape index (κ1) is 14.6. The zero-order valence-corrected chi connectivity index (χ0v) is 11.9. The molecular formula is C16H18F2N2. The van der Waals surface area contributed by atoms with Gasteiger partial charge in [-0.1, -0.05) is 6.07 Å². The van der Waals surface area contributed by atoms with Crippen molar-refractivity contribution in [2.24, 2.45) is 0 Å². The van der Waals surface area contributed by atoms with Crippen molar-refractivity contribution >= 4 is 0 Å². The number of aryl methyl sites for hydroxylation is 2. The van der Waals surface area contributed by atoms with Gasteiger partial charge in [0.05, 0.1) is 0 Å². The van der Waals surface area contributed by atoms with Crippen LogP contribution in [0.25, 0.3) is 0 Å². The monoisotopic (exact) mass is 276 g/mol. The van der Waals surface area contributed by atoms with Gasteiger partial charge in [-0.25, -0.2) is 8.78 Å². The van der Waals surface area contributed by atoms with E-state index >= 15 is 0 Å². The molecule has 0 aliphatic carbocycles. The fourth-order valence-corrected chi connectivity index (χ4v) is 1.98. The van der Waals surface area contributed by atoms with E-state index in [0.717, 1.165) is 11.3 Å². The van der Waals surface area contributed by atoms with Crippen LogP contribution in [0.1, 0.15) is 35.3 Å². The Balaban J connectivity index is 2.06. The minimum absolute atomic E-state index is 0.272. The molecule has 0 radical (unpaired) electrons. The summed E-state index contributed by atoms with van der Waals surface area (Å²) in [5, 5.41) is 3.18. The molecule has 1 N–H and O–H groups in total. The molecule has 0 bridgehead atoms. The van der Waals surface area contributed by atoms with Gasteiger partial charge in [0.25, 0.3) is 0 Å². The molecule has 20 heavy (non-hydrogen) atoms. The molecule has 1 aromatic heterocycles. The Bertz CT molecular complexity index is 594. The number of halogens is 2. The highest BCUT2D eigenvalue weighted by molar-refractivity contribution is 5.27. The molecule has 0 spiro atoms. The van der Waals surface area contributed by atoms with Gasteiger partial charge < -0.3 is 5.32 Å². The summed E-state index contributed by atoms with van der Waals surface area (Å²) in [4.78, 5) is 4.20. The minimum Gasteiger partial charge on any atom is -0.306 e. The lowest BCUT2D eigenvalue weighted by atomic mass is 10.0. The lowest BCUT2D eigenvalue weighted by molar-refractivity contribution is 0.516. The van der Waals surface area contributed by atoms with Crippen molar-refractivity contribution in [2.75, 3.05) is 0 Å². The normalized spacial score (nSPS) is 12.4. The Labute approximate surface area is 117 Å². The largest absolute Gasteiger partial charge is 0.306 e. The highest BCUT2D eigenvalue weighted by Crippen LogP contribution is 2.20. The average Bonchev–Trinajstić information content (AvgIpc) is 2.42. The van der Waals surface area contributed by atoms with Crippen molar-refractivity contribution in [1.29, 1.82) is 0 Å². The first-order chi connectivity index (χ1) is 9.47. The standard InChI is InChI=1S/C16H18F2N2/c1-10-6-16(18)14(7-15(10)17)12(3)20-9-13-5-4-11(2)19-8-13/h4-8,12,20H,9H2,1-3H3. The summed E-state index contributed by atoms with van der Waals surface area (Å²) in [6, 6.07) is 6.11. The summed E-state index contributed by atoms with van der Waals surface area (Å²) in [6.07, 6.45) is 1.78. The molecule has 0 aliphatic heterocycles. The van der Waals surface area contributed by atoms with Crippen LogP contribution in [-0.4, -0.2) is 4.98 Å². The first-order valence-corrected chi connectivity index (χ1v) is 6.58. The third-order valence-electron chi connectivity index (χ3n) is 3.33. The van der Waals surface area contributed by atoms with Crippen molar-refractivity contribution in [2.45, 2.75) is 33.4 Å². The Morgan fingerprint density at radius 2 is 1.90 bits per heavy atom. The number of aromatic nitrogens is 1. The third-order valence-corrected chi connectivity index (χ3v) is 3.33. The Kier molecular flexibility index (Phi) is 4.45. The van der Waals surface area contributed by atoms with E-state index in [1.807, 2.05) is 26.0 Å². The fraction of sp³-hybridized carbons (Fsp3) is 0.312. The second-order valence-corrected chi connectivity index (χ2v) is 5.03. The van der Waals surface area contributed by atoms with Crippen molar-refractivity contribution in [3.63, 3.8) is 0 Å². The molecule has 4 heteroatoms. The smallest absolute Gasteiger partial charge is 0.128 e. The maximum Gasteiger partial charge on any atom is 0.128 e. The van der Waals surface area contributed by atoms with Gasteiger partial charge in [-0.3, -0.25) is 4.98 Å². The molecule has 0 saturated heterocycles. The molecule has 1 unspecified atom stereocenters. The quantitative estimate of drug-likeness (QED) is 0.918. The first-order valence-electron chi connectivity index (χ1n) is 6.58. The van der Waals surface area contributed by atoms with Crippen LogP contribution < -0.4 is 5.32 Å². The summed E-state index contributed by atoms with van der Waals surface area (Å²) in [5.74, 6) is -0.766. The number of nitrogens with zero attached hydrogens (tertiary/aromatic N) is 1. The molecule has 0 fully saturated rings. The lowest BCUT2D eigenvalue weighted by Crippen LogP contribution is -2.19. The van der Waals surface area contributed by atoms with Crippen molar-refractivity contribution in [3.8, 4) is 0 Å². The van der Waals surface area contributed by atoms with Gasteiger partial charge in [-0.15, -0.1) is 0 Å². The summed E-state index contributed by atoms with van der Waals surface area (Å²) in [7, 11) is 0. The number of nitrogens with one attached hydrogen (secondary N) is 1. The Hall–Kier alpha value is -1.81. The second-order valence-electron chi connectivity index (χ2n) is 5.03. The zero-order chi connectivity index (χ0) is 14.7. The van der Waals surface area contributed by atoms with E-state index < -0.39 is 0 Å². The summed E-state index contributed by atoms with van der Waals surface area (Å²) in [5.41, 5.74) is 2.62. The van der Waals surface area contributed by atoms with Crippen LogP contribution in [0.4, 0.5) is 8.78 Å². The fourth-order valence-electron chi connectivity index (χ4n) is 1.98. The lowest BCUT2D eigenvalue weighted by Gasteiger charge is -2.16. The number of hydrogen-bond acceptors (Lipinski definition) is 2. The van der Waals surface area contributed by atoms with Crippen LogP contribution >= 0.6 is 0 Å². The predicted molar refractivity (Wildman–Crippen MR) is 75.3 cm³/mol. The van der Waals surface area contributed by atoms with Crippen LogP contribution in [0.5, 0.6) is 0 Å². The van der Waals surface area contributed by atoms with Gasteiger partial charge in [-0.05, 0) is 50.1 Å². The van der Waals surface area contributed by atoms with Gasteiger partial charge in [0.1, 0.15) is 11.6 Å². The topological polar surface area (TPSA) is 24.9 Å². The van der Waals surface area contributed by atoms with Gasteiger partial charge in [-0.2, -0.15) is 0 Å². The van der Waals surface area contributed by atoms with E-state index in [2.05, 4.69) is 10.3 Å². The van der Waals surface area contributed by atoms with Gasteiger partial charge in [0.2, 0.25) is 0 Å². The van der Waals surface area contributed by atoms with E-state index in [-0.39, 0.29) is 17.7 Å². The van der Waals surface area contributed by atoms with Gasteiger partial charge in [0.15, 0.2) is 0 Å². The molecule has 106 valence electrons. The maximum absolute atomic E-state index is 13.8. The molecule has 2 rings (SSSR count). The molecule has 2 nitrogen and oxygen atoms in total. The SMILES string of the molecule is Cc1ccc(CNC(C)c2cc(F)c(C)cc2F)cn1. The predicted octanol–water partition coefficient (Wildman–Crippen LogP) is 3.83. The highest BCUT2D eigenvalue weighted by atomic mass is 19.1. The molecular weight excluding hydrogens is 258 g/mol. The molecule has 1 aromatic carbocycles. The molecule has 0 aliphatic rings. The van der Waals surface area contributed by atoms with Crippen LogP contribution in [0.2, 0.25) is 0 Å². The van der Waals surface area contributed by atoms with Crippen LogP contribution in [0.15, 0.2) is 30.5 Å². The summed E-state index contributed by atoms with van der Waals surface area (Å²) < 4.78 is 27.4. The second kappa shape index (κ2) is 6.09. The third kappa shape index (κ3) is 3.39. The number of benzene rings is 1.